The zero-order valence-electron chi connectivity index (χ0n) is 19.6. The summed E-state index contributed by atoms with van der Waals surface area (Å²) in [6.07, 6.45) is 5.53. The maximum Gasteiger partial charge on any atom is 0.119 e. The fourth-order valence-corrected chi connectivity index (χ4v) is 5.14. The zero-order chi connectivity index (χ0) is 22.2. The molecular weight excluding hydrogens is 400 g/mol. The molecule has 0 radical (unpaired) electrons. The van der Waals surface area contributed by atoms with Crippen LogP contribution in [0.5, 0.6) is 11.5 Å². The van der Waals surface area contributed by atoms with Crippen LogP contribution in [0.4, 0.5) is 0 Å². The molecule has 4 nitrogen and oxygen atoms in total. The minimum absolute atomic E-state index is 0. The van der Waals surface area contributed by atoms with Gasteiger partial charge in [0, 0.05) is 1.43 Å². The van der Waals surface area contributed by atoms with Gasteiger partial charge in [0.25, 0.3) is 0 Å². The molecule has 1 saturated carbocycles. The standard InChI is InChI=1S/C28H36O4.H2/c1-27(2,20-4-8-23(9-5-20)29-16-25-18-31-25)21-12-14-28(3,15-13-21)22-6-10-24(11-7-22)30-17-26-19-32-26;/h4-11,21,25-26H,12-19H2,1-3H3;1H. The first-order valence-corrected chi connectivity index (χ1v) is 12.1. The lowest BCUT2D eigenvalue weighted by Crippen LogP contribution is -2.36. The van der Waals surface area contributed by atoms with E-state index in [4.69, 9.17) is 18.9 Å². The van der Waals surface area contributed by atoms with Gasteiger partial charge in [0.05, 0.1) is 13.2 Å². The number of rotatable bonds is 9. The highest BCUT2D eigenvalue weighted by Gasteiger charge is 2.39. The molecule has 2 aromatic rings. The fourth-order valence-electron chi connectivity index (χ4n) is 5.14. The molecule has 2 atom stereocenters. The average Bonchev–Trinajstić information content (AvgIpc) is 3.72. The van der Waals surface area contributed by atoms with Gasteiger partial charge in [-0.2, -0.15) is 0 Å². The van der Waals surface area contributed by atoms with Gasteiger partial charge in [-0.25, -0.2) is 0 Å². The first-order chi connectivity index (χ1) is 15.4. The number of hydrogen-bond acceptors (Lipinski definition) is 4. The van der Waals surface area contributed by atoms with E-state index in [9.17, 15) is 0 Å². The Morgan fingerprint density at radius 2 is 1.31 bits per heavy atom. The Labute approximate surface area is 193 Å². The molecule has 2 heterocycles. The lowest BCUT2D eigenvalue weighted by atomic mass is 9.60. The largest absolute Gasteiger partial charge is 0.491 e. The van der Waals surface area contributed by atoms with Gasteiger partial charge in [-0.1, -0.05) is 45.0 Å². The van der Waals surface area contributed by atoms with Gasteiger partial charge >= 0.3 is 0 Å². The molecule has 1 aliphatic carbocycles. The molecule has 2 unspecified atom stereocenters. The van der Waals surface area contributed by atoms with Crippen molar-refractivity contribution < 1.29 is 20.4 Å². The Kier molecular flexibility index (Phi) is 5.94. The highest BCUT2D eigenvalue weighted by atomic mass is 16.6. The predicted molar refractivity (Wildman–Crippen MR) is 128 cm³/mol. The van der Waals surface area contributed by atoms with Crippen LogP contribution >= 0.6 is 0 Å². The molecule has 2 aromatic carbocycles. The second kappa shape index (κ2) is 8.72. The van der Waals surface area contributed by atoms with E-state index in [0.29, 0.717) is 31.3 Å². The summed E-state index contributed by atoms with van der Waals surface area (Å²) in [6, 6.07) is 17.5. The summed E-state index contributed by atoms with van der Waals surface area (Å²) < 4.78 is 22.1. The van der Waals surface area contributed by atoms with Crippen LogP contribution in [0.15, 0.2) is 48.5 Å². The van der Waals surface area contributed by atoms with Crippen molar-refractivity contribution in [2.45, 2.75) is 69.5 Å². The Morgan fingerprint density at radius 1 is 0.844 bits per heavy atom. The molecule has 0 aromatic heterocycles. The second-order valence-electron chi connectivity index (χ2n) is 10.6. The van der Waals surface area contributed by atoms with Gasteiger partial charge in [0.15, 0.2) is 0 Å². The Hall–Kier alpha value is -2.04. The minimum Gasteiger partial charge on any atom is -0.491 e. The molecule has 0 spiro atoms. The molecule has 3 fully saturated rings. The normalized spacial score (nSPS) is 29.4. The second-order valence-corrected chi connectivity index (χ2v) is 10.6. The van der Waals surface area contributed by atoms with Crippen LogP contribution in [0.1, 0.15) is 59.0 Å². The highest BCUT2D eigenvalue weighted by molar-refractivity contribution is 5.34. The molecule has 4 heteroatoms. The van der Waals surface area contributed by atoms with Gasteiger partial charge in [0.2, 0.25) is 0 Å². The van der Waals surface area contributed by atoms with E-state index in [-0.39, 0.29) is 12.3 Å². The summed E-state index contributed by atoms with van der Waals surface area (Å²) in [4.78, 5) is 0. The van der Waals surface area contributed by atoms with Crippen molar-refractivity contribution in [2.75, 3.05) is 26.4 Å². The van der Waals surface area contributed by atoms with Crippen molar-refractivity contribution in [3.63, 3.8) is 0 Å². The summed E-state index contributed by atoms with van der Waals surface area (Å²) >= 11 is 0. The Morgan fingerprint density at radius 3 is 1.78 bits per heavy atom. The quantitative estimate of drug-likeness (QED) is 0.456. The van der Waals surface area contributed by atoms with E-state index in [1.54, 1.807) is 0 Å². The van der Waals surface area contributed by atoms with Crippen molar-refractivity contribution in [1.82, 2.24) is 0 Å². The van der Waals surface area contributed by atoms with E-state index in [1.165, 1.54) is 36.8 Å². The van der Waals surface area contributed by atoms with E-state index >= 15 is 0 Å². The van der Waals surface area contributed by atoms with Crippen LogP contribution in [0.3, 0.4) is 0 Å². The van der Waals surface area contributed by atoms with Crippen molar-refractivity contribution >= 4 is 0 Å². The number of epoxide rings is 2. The van der Waals surface area contributed by atoms with Crippen LogP contribution in [-0.4, -0.2) is 38.6 Å². The molecule has 0 amide bonds. The summed E-state index contributed by atoms with van der Waals surface area (Å²) in [5, 5.41) is 0. The van der Waals surface area contributed by atoms with Crippen LogP contribution in [0, 0.1) is 5.92 Å². The average molecular weight is 439 g/mol. The summed E-state index contributed by atoms with van der Waals surface area (Å²) in [5.41, 5.74) is 3.24. The summed E-state index contributed by atoms with van der Waals surface area (Å²) in [7, 11) is 0. The third kappa shape index (κ3) is 4.97. The van der Waals surface area contributed by atoms with Gasteiger partial charge in [-0.05, 0) is 77.8 Å². The Balaban J connectivity index is 0.00000259. The van der Waals surface area contributed by atoms with E-state index in [1.807, 2.05) is 0 Å². The topological polar surface area (TPSA) is 43.5 Å². The molecule has 5 rings (SSSR count). The van der Waals surface area contributed by atoms with Crippen LogP contribution < -0.4 is 9.47 Å². The van der Waals surface area contributed by atoms with Gasteiger partial charge in [-0.3, -0.25) is 0 Å². The predicted octanol–water partition coefficient (Wildman–Crippen LogP) is 5.91. The van der Waals surface area contributed by atoms with E-state index in [0.717, 1.165) is 24.7 Å². The van der Waals surface area contributed by atoms with Crippen molar-refractivity contribution in [3.8, 4) is 11.5 Å². The first kappa shape index (κ1) is 21.8. The maximum absolute atomic E-state index is 5.82. The smallest absolute Gasteiger partial charge is 0.119 e. The first-order valence-electron chi connectivity index (χ1n) is 12.1. The third-order valence-electron chi connectivity index (χ3n) is 7.94. The van der Waals surface area contributed by atoms with Crippen LogP contribution in [-0.2, 0) is 20.3 Å². The lowest BCUT2D eigenvalue weighted by molar-refractivity contribution is 0.178. The minimum atomic E-state index is 0. The zero-order valence-corrected chi connectivity index (χ0v) is 19.6. The molecular formula is C28H38O4. The number of ether oxygens (including phenoxy) is 4. The summed E-state index contributed by atoms with van der Waals surface area (Å²) in [6.45, 7) is 10.2. The highest BCUT2D eigenvalue weighted by Crippen LogP contribution is 2.48. The van der Waals surface area contributed by atoms with Gasteiger partial charge < -0.3 is 18.9 Å². The van der Waals surface area contributed by atoms with E-state index in [2.05, 4.69) is 69.3 Å². The molecule has 3 aliphatic rings. The number of benzene rings is 2. The summed E-state index contributed by atoms with van der Waals surface area (Å²) in [5.74, 6) is 2.57. The van der Waals surface area contributed by atoms with E-state index < -0.39 is 0 Å². The molecule has 0 N–H and O–H groups in total. The SMILES string of the molecule is CC1(c2ccc(OCC3CO3)cc2)CCC(C(C)(C)c2ccc(OCC3CO3)cc2)CC1.[HH]. The van der Waals surface area contributed by atoms with Gasteiger partial charge in [-0.15, -0.1) is 0 Å². The lowest BCUT2D eigenvalue weighted by Gasteiger charge is -2.44. The Bertz CT molecular complexity index is 892. The van der Waals surface area contributed by atoms with Crippen molar-refractivity contribution in [2.24, 2.45) is 5.92 Å². The van der Waals surface area contributed by atoms with Crippen LogP contribution in [0.25, 0.3) is 0 Å². The molecule has 174 valence electrons. The molecule has 2 saturated heterocycles. The fraction of sp³-hybridized carbons (Fsp3) is 0.571. The molecule has 0 bridgehead atoms. The molecule has 2 aliphatic heterocycles. The van der Waals surface area contributed by atoms with Crippen molar-refractivity contribution in [3.05, 3.63) is 59.7 Å². The number of hydrogen-bond donors (Lipinski definition) is 0. The van der Waals surface area contributed by atoms with Gasteiger partial charge in [0.1, 0.15) is 36.9 Å². The molecule has 32 heavy (non-hydrogen) atoms. The monoisotopic (exact) mass is 438 g/mol. The third-order valence-corrected chi connectivity index (χ3v) is 7.94. The van der Waals surface area contributed by atoms with Crippen molar-refractivity contribution in [1.29, 1.82) is 0 Å². The maximum atomic E-state index is 5.82. The van der Waals surface area contributed by atoms with Crippen LogP contribution in [0.2, 0.25) is 0 Å².